The number of aromatic nitrogens is 2. The van der Waals surface area contributed by atoms with Gasteiger partial charge in [0.05, 0.1) is 16.9 Å². The van der Waals surface area contributed by atoms with Crippen LogP contribution in [-0.4, -0.2) is 47.5 Å². The first-order valence-corrected chi connectivity index (χ1v) is 12.8. The van der Waals surface area contributed by atoms with E-state index in [9.17, 15) is 14.0 Å². The topological polar surface area (TPSA) is 56.1 Å². The van der Waals surface area contributed by atoms with E-state index in [0.29, 0.717) is 4.88 Å². The van der Waals surface area contributed by atoms with Crippen molar-refractivity contribution in [1.82, 2.24) is 14.9 Å². The highest BCUT2D eigenvalue weighted by Crippen LogP contribution is 2.47. The molecule has 1 aliphatic carbocycles. The van der Waals surface area contributed by atoms with Gasteiger partial charge in [-0.05, 0) is 49.4 Å². The van der Waals surface area contributed by atoms with Crippen LogP contribution >= 0.6 is 11.3 Å². The molecule has 6 rings (SSSR count). The van der Waals surface area contributed by atoms with Gasteiger partial charge in [0, 0.05) is 42.9 Å². The van der Waals surface area contributed by atoms with Gasteiger partial charge in [0.25, 0.3) is 0 Å². The third kappa shape index (κ3) is 3.95. The minimum Gasteiger partial charge on any atom is -0.355 e. The average Bonchev–Trinajstić information content (AvgIpc) is 3.13. The number of anilines is 1. The molecule has 176 valence electrons. The van der Waals surface area contributed by atoms with Crippen molar-refractivity contribution in [2.45, 2.75) is 50.5 Å². The Hall–Kier alpha value is -2.63. The fourth-order valence-electron chi connectivity index (χ4n) is 5.79. The van der Waals surface area contributed by atoms with Crippen LogP contribution in [0.4, 0.5) is 14.6 Å². The Kier molecular flexibility index (Phi) is 5.30. The van der Waals surface area contributed by atoms with Crippen LogP contribution in [0.25, 0.3) is 10.2 Å². The molecule has 1 spiro atoms. The van der Waals surface area contributed by atoms with Crippen LogP contribution in [0.15, 0.2) is 36.7 Å². The summed E-state index contributed by atoms with van der Waals surface area (Å²) in [6, 6.07) is 13.0. The van der Waals surface area contributed by atoms with Gasteiger partial charge in [-0.3, -0.25) is 4.90 Å². The maximum Gasteiger partial charge on any atom is 0.243 e. The van der Waals surface area contributed by atoms with Crippen molar-refractivity contribution in [2.24, 2.45) is 5.41 Å². The first-order valence-electron chi connectivity index (χ1n) is 12.0. The molecule has 0 amide bonds. The molecule has 1 unspecified atom stereocenters. The number of benzene rings is 1. The summed E-state index contributed by atoms with van der Waals surface area (Å²) in [5, 5.41) is 10.3. The minimum atomic E-state index is -2.35. The number of halogens is 2. The van der Waals surface area contributed by atoms with E-state index < -0.39 is 6.43 Å². The largest absolute Gasteiger partial charge is 0.355 e. The van der Waals surface area contributed by atoms with Crippen LogP contribution in [0, 0.1) is 16.7 Å². The van der Waals surface area contributed by atoms with E-state index >= 15 is 0 Å². The lowest BCUT2D eigenvalue weighted by molar-refractivity contribution is 0.150. The number of rotatable bonds is 6. The first kappa shape index (κ1) is 21.9. The summed E-state index contributed by atoms with van der Waals surface area (Å²) in [5.41, 5.74) is 2.48. The smallest absolute Gasteiger partial charge is 0.243 e. The third-order valence-corrected chi connectivity index (χ3v) is 8.91. The van der Waals surface area contributed by atoms with Crippen LogP contribution in [0.3, 0.4) is 0 Å². The molecule has 8 heteroatoms. The van der Waals surface area contributed by atoms with Gasteiger partial charge >= 0.3 is 0 Å². The standard InChI is InChI=1S/C26H27F2N5S/c27-22(28)12-20-11-21-23(30-17-31-24(21)34-20)33-10-8-25(16-33)7-9-32(15-25)13-18-1-3-19(4-2-18)26(14-29)5-6-26/h1-4,11,17,22H,5-10,12-13,15-16H2. The van der Waals surface area contributed by atoms with Crippen LogP contribution in [0.2, 0.25) is 0 Å². The highest BCUT2D eigenvalue weighted by Gasteiger charge is 2.45. The maximum absolute atomic E-state index is 12.9. The predicted molar refractivity (Wildman–Crippen MR) is 129 cm³/mol. The number of fused-ring (bicyclic) bond motifs is 1. The second kappa shape index (κ2) is 8.24. The first-order chi connectivity index (χ1) is 16.5. The van der Waals surface area contributed by atoms with Crippen molar-refractivity contribution in [3.05, 3.63) is 52.7 Å². The van der Waals surface area contributed by atoms with E-state index in [1.54, 1.807) is 6.33 Å². The molecular formula is C26H27F2N5S. The fraction of sp³-hybridized carbons (Fsp3) is 0.500. The molecule has 2 aromatic heterocycles. The molecule has 5 nitrogen and oxygen atoms in total. The van der Waals surface area contributed by atoms with E-state index in [1.807, 2.05) is 6.07 Å². The van der Waals surface area contributed by atoms with Crippen molar-refractivity contribution < 1.29 is 8.78 Å². The summed E-state index contributed by atoms with van der Waals surface area (Å²) >= 11 is 1.35. The number of hydrogen-bond acceptors (Lipinski definition) is 6. The fourth-order valence-corrected chi connectivity index (χ4v) is 6.78. The van der Waals surface area contributed by atoms with Gasteiger partial charge in [0.1, 0.15) is 17.0 Å². The predicted octanol–water partition coefficient (Wildman–Crippen LogP) is 5.16. The molecule has 4 heterocycles. The summed E-state index contributed by atoms with van der Waals surface area (Å²) < 4.78 is 25.8. The van der Waals surface area contributed by atoms with Crippen molar-refractivity contribution in [3.8, 4) is 6.07 Å². The molecule has 0 radical (unpaired) electrons. The van der Waals surface area contributed by atoms with Gasteiger partial charge in [-0.15, -0.1) is 11.3 Å². The van der Waals surface area contributed by atoms with E-state index in [4.69, 9.17) is 0 Å². The number of hydrogen-bond donors (Lipinski definition) is 0. The number of nitriles is 1. The molecule has 2 saturated heterocycles. The average molecular weight is 480 g/mol. The Balaban J connectivity index is 1.13. The molecule has 3 fully saturated rings. The maximum atomic E-state index is 12.9. The van der Waals surface area contributed by atoms with E-state index in [0.717, 1.165) is 80.0 Å². The Morgan fingerprint density at radius 3 is 2.59 bits per heavy atom. The van der Waals surface area contributed by atoms with E-state index in [-0.39, 0.29) is 17.3 Å². The number of nitrogens with zero attached hydrogens (tertiary/aromatic N) is 5. The van der Waals surface area contributed by atoms with E-state index in [1.165, 1.54) is 16.9 Å². The molecule has 34 heavy (non-hydrogen) atoms. The lowest BCUT2D eigenvalue weighted by Gasteiger charge is -2.25. The quantitative estimate of drug-likeness (QED) is 0.489. The van der Waals surface area contributed by atoms with Crippen LogP contribution in [0.1, 0.15) is 41.7 Å². The second-order valence-electron chi connectivity index (χ2n) is 10.2. The Bertz CT molecular complexity index is 1250. The molecular weight excluding hydrogens is 452 g/mol. The van der Waals surface area contributed by atoms with Gasteiger partial charge < -0.3 is 4.90 Å². The van der Waals surface area contributed by atoms with Crippen LogP contribution < -0.4 is 4.90 Å². The van der Waals surface area contributed by atoms with Gasteiger partial charge in [0.2, 0.25) is 6.43 Å². The third-order valence-electron chi connectivity index (χ3n) is 7.85. The van der Waals surface area contributed by atoms with Crippen molar-refractivity contribution in [2.75, 3.05) is 31.1 Å². The number of thiophene rings is 1. The van der Waals surface area contributed by atoms with Crippen molar-refractivity contribution in [1.29, 1.82) is 5.26 Å². The molecule has 1 saturated carbocycles. The van der Waals surface area contributed by atoms with Gasteiger partial charge in [0.15, 0.2) is 0 Å². The van der Waals surface area contributed by atoms with Crippen molar-refractivity contribution >= 4 is 27.4 Å². The normalized spacial score (nSPS) is 23.9. The molecule has 0 N–H and O–H groups in total. The highest BCUT2D eigenvalue weighted by atomic mass is 32.1. The zero-order chi connectivity index (χ0) is 23.3. The van der Waals surface area contributed by atoms with E-state index in [2.05, 4.69) is 50.1 Å². The van der Waals surface area contributed by atoms with Crippen molar-refractivity contribution in [3.63, 3.8) is 0 Å². The van der Waals surface area contributed by atoms with Gasteiger partial charge in [-0.1, -0.05) is 24.3 Å². The van der Waals surface area contributed by atoms with Gasteiger partial charge in [-0.25, -0.2) is 18.7 Å². The highest BCUT2D eigenvalue weighted by molar-refractivity contribution is 7.18. The monoisotopic (exact) mass is 479 g/mol. The molecule has 3 aromatic rings. The second-order valence-corrected chi connectivity index (χ2v) is 11.4. The Labute approximate surface area is 202 Å². The van der Waals surface area contributed by atoms with Crippen LogP contribution in [-0.2, 0) is 18.4 Å². The Morgan fingerprint density at radius 1 is 1.06 bits per heavy atom. The minimum absolute atomic E-state index is 0.224. The molecule has 1 atom stereocenters. The summed E-state index contributed by atoms with van der Waals surface area (Å²) in [4.78, 5) is 15.2. The molecule has 1 aromatic carbocycles. The molecule has 3 aliphatic rings. The Morgan fingerprint density at radius 2 is 1.85 bits per heavy atom. The van der Waals surface area contributed by atoms with Gasteiger partial charge in [-0.2, -0.15) is 5.26 Å². The summed E-state index contributed by atoms with van der Waals surface area (Å²) in [7, 11) is 0. The molecule has 0 bridgehead atoms. The zero-order valence-electron chi connectivity index (χ0n) is 19.0. The summed E-state index contributed by atoms with van der Waals surface area (Å²) in [6.07, 6.45) is 3.23. The SMILES string of the molecule is N#CC1(c2ccc(CN3CCC4(CCN(c5ncnc6sc(CC(F)F)cc56)C4)C3)cc2)CC1. The number of likely N-dealkylation sites (tertiary alicyclic amines) is 1. The molecule has 2 aliphatic heterocycles. The van der Waals surface area contributed by atoms with Crippen LogP contribution in [0.5, 0.6) is 0 Å². The summed E-state index contributed by atoms with van der Waals surface area (Å²) in [5.74, 6) is 0.888. The summed E-state index contributed by atoms with van der Waals surface area (Å²) in [6.45, 7) is 4.95. The number of alkyl halides is 2. The zero-order valence-corrected chi connectivity index (χ0v) is 19.8. The lowest BCUT2D eigenvalue weighted by atomic mass is 9.86. The lowest BCUT2D eigenvalue weighted by Crippen LogP contribution is -2.31.